The summed E-state index contributed by atoms with van der Waals surface area (Å²) in [7, 11) is 3.74. The van der Waals surface area contributed by atoms with Crippen molar-refractivity contribution >= 4 is 18.3 Å². The molecule has 0 aromatic heterocycles. The van der Waals surface area contributed by atoms with Crippen molar-refractivity contribution in [1.82, 2.24) is 16.0 Å². The molecule has 2 unspecified atom stereocenters. The Hall–Kier alpha value is -2.31. The lowest BCUT2D eigenvalue weighted by Gasteiger charge is -2.43. The van der Waals surface area contributed by atoms with E-state index >= 15 is 0 Å². The Bertz CT molecular complexity index is 443. The summed E-state index contributed by atoms with van der Waals surface area (Å²) in [5, 5.41) is 36.3. The molecule has 1 aliphatic carbocycles. The van der Waals surface area contributed by atoms with E-state index in [1.165, 1.54) is 21.1 Å². The maximum Gasteiger partial charge on any atom is 0.407 e. The van der Waals surface area contributed by atoms with E-state index in [4.69, 9.17) is 14.2 Å². The van der Waals surface area contributed by atoms with Crippen molar-refractivity contribution in [3.05, 3.63) is 0 Å². The monoisotopic (exact) mass is 351 g/mol. The van der Waals surface area contributed by atoms with Crippen LogP contribution in [0.1, 0.15) is 0 Å². The van der Waals surface area contributed by atoms with Gasteiger partial charge in [0.15, 0.2) is 18.3 Å². The Morgan fingerprint density at radius 1 is 0.625 bits per heavy atom. The molecule has 12 nitrogen and oxygen atoms in total. The van der Waals surface area contributed by atoms with Gasteiger partial charge in [-0.15, -0.1) is 0 Å². The first kappa shape index (κ1) is 19.7. The number of rotatable bonds is 3. The molecule has 1 aliphatic rings. The molecule has 0 aliphatic heterocycles. The smallest absolute Gasteiger partial charge is 0.407 e. The molecule has 0 heterocycles. The Balaban J connectivity index is 3.16. The molecule has 6 N–H and O–H groups in total. The van der Waals surface area contributed by atoms with E-state index in [0.29, 0.717) is 0 Å². The number of alkyl carbamates (subject to hydrolysis) is 3. The summed E-state index contributed by atoms with van der Waals surface area (Å²) in [5.74, 6) is 0. The summed E-state index contributed by atoms with van der Waals surface area (Å²) in [6.45, 7) is 0. The number of carbonyl (C=O) groups is 3. The van der Waals surface area contributed by atoms with Crippen LogP contribution in [0, 0.1) is 0 Å². The molecule has 0 saturated heterocycles. The van der Waals surface area contributed by atoms with Crippen molar-refractivity contribution < 1.29 is 43.9 Å². The standard InChI is InChI=1S/C12H21N3O9/c1-13-10(19)22-7-5(17)4(16)6(18)8(23-11(20)14-2)9(7)24-12(21)15-3/h4-9,16-18H,1-3H3,(H,13,19)(H,14,20)(H,15,21)/t4?,5-,6-,7-,8+,9?/m1/s1. The molecule has 12 heteroatoms. The van der Waals surface area contributed by atoms with Crippen molar-refractivity contribution in [3.8, 4) is 0 Å². The summed E-state index contributed by atoms with van der Waals surface area (Å²) in [5.41, 5.74) is 0. The molecule has 6 atom stereocenters. The Kier molecular flexibility index (Phi) is 7.00. The third kappa shape index (κ3) is 4.37. The minimum absolute atomic E-state index is 0.994. The largest absolute Gasteiger partial charge is 0.439 e. The zero-order valence-electron chi connectivity index (χ0n) is 13.3. The summed E-state index contributed by atoms with van der Waals surface area (Å²) < 4.78 is 14.7. The lowest BCUT2D eigenvalue weighted by Crippen LogP contribution is -2.67. The van der Waals surface area contributed by atoms with E-state index in [-0.39, 0.29) is 0 Å². The topological polar surface area (TPSA) is 176 Å². The van der Waals surface area contributed by atoms with Crippen LogP contribution in [0.5, 0.6) is 0 Å². The number of hydrogen-bond acceptors (Lipinski definition) is 9. The van der Waals surface area contributed by atoms with Crippen molar-refractivity contribution in [2.45, 2.75) is 36.6 Å². The van der Waals surface area contributed by atoms with Crippen molar-refractivity contribution in [2.24, 2.45) is 0 Å². The predicted octanol–water partition coefficient (Wildman–Crippen LogP) is -2.74. The van der Waals surface area contributed by atoms with E-state index in [1.807, 2.05) is 0 Å². The molecule has 0 aromatic rings. The fourth-order valence-corrected chi connectivity index (χ4v) is 2.12. The Morgan fingerprint density at radius 2 is 0.917 bits per heavy atom. The number of aliphatic hydroxyl groups is 3. The first-order chi connectivity index (χ1) is 11.3. The van der Waals surface area contributed by atoms with Gasteiger partial charge in [0.05, 0.1) is 0 Å². The highest BCUT2D eigenvalue weighted by Gasteiger charge is 2.55. The van der Waals surface area contributed by atoms with Gasteiger partial charge in [-0.2, -0.15) is 0 Å². The molecule has 0 bridgehead atoms. The van der Waals surface area contributed by atoms with Crippen LogP contribution >= 0.6 is 0 Å². The first-order valence-corrected chi connectivity index (χ1v) is 6.96. The number of nitrogens with one attached hydrogen (secondary N) is 3. The maximum absolute atomic E-state index is 11.5. The maximum atomic E-state index is 11.5. The van der Waals surface area contributed by atoms with E-state index in [2.05, 4.69) is 16.0 Å². The van der Waals surface area contributed by atoms with E-state index < -0.39 is 54.9 Å². The van der Waals surface area contributed by atoms with Crippen LogP contribution in [0.2, 0.25) is 0 Å². The summed E-state index contributed by atoms with van der Waals surface area (Å²) in [6, 6.07) is 0. The molecule has 3 amide bonds. The Morgan fingerprint density at radius 3 is 1.21 bits per heavy atom. The van der Waals surface area contributed by atoms with E-state index in [9.17, 15) is 29.7 Å². The fraction of sp³-hybridized carbons (Fsp3) is 0.750. The lowest BCUT2D eigenvalue weighted by molar-refractivity contribution is -0.221. The lowest BCUT2D eigenvalue weighted by atomic mass is 9.84. The van der Waals surface area contributed by atoms with E-state index in [0.717, 1.165) is 0 Å². The third-order valence-electron chi connectivity index (χ3n) is 3.36. The highest BCUT2D eigenvalue weighted by molar-refractivity contribution is 5.69. The predicted molar refractivity (Wildman–Crippen MR) is 76.0 cm³/mol. The van der Waals surface area contributed by atoms with Gasteiger partial charge in [0.25, 0.3) is 0 Å². The van der Waals surface area contributed by atoms with Gasteiger partial charge in [-0.3, -0.25) is 0 Å². The van der Waals surface area contributed by atoms with Gasteiger partial charge in [0.2, 0.25) is 0 Å². The highest BCUT2D eigenvalue weighted by atomic mass is 16.6. The molecule has 0 radical (unpaired) electrons. The molecule has 1 saturated carbocycles. The van der Waals surface area contributed by atoms with Gasteiger partial charge in [-0.25, -0.2) is 14.4 Å². The van der Waals surface area contributed by atoms with Gasteiger partial charge in [0.1, 0.15) is 18.3 Å². The quantitative estimate of drug-likeness (QED) is 0.294. The van der Waals surface area contributed by atoms with Crippen LogP contribution in [-0.2, 0) is 14.2 Å². The van der Waals surface area contributed by atoms with Crippen molar-refractivity contribution in [2.75, 3.05) is 21.1 Å². The molecule has 0 spiro atoms. The second-order valence-electron chi connectivity index (χ2n) is 4.83. The minimum Gasteiger partial charge on any atom is -0.439 e. The molecular weight excluding hydrogens is 330 g/mol. The molecule has 1 fully saturated rings. The molecule has 24 heavy (non-hydrogen) atoms. The van der Waals surface area contributed by atoms with Crippen molar-refractivity contribution in [3.63, 3.8) is 0 Å². The summed E-state index contributed by atoms with van der Waals surface area (Å²) in [6.07, 6.45) is -13.2. The minimum atomic E-state index is -1.82. The zero-order chi connectivity index (χ0) is 18.4. The third-order valence-corrected chi connectivity index (χ3v) is 3.36. The number of aliphatic hydroxyl groups excluding tert-OH is 3. The number of hydrogen-bond donors (Lipinski definition) is 6. The highest BCUT2D eigenvalue weighted by Crippen LogP contribution is 2.28. The normalized spacial score (nSPS) is 32.2. The molecule has 1 rings (SSSR count). The summed E-state index contributed by atoms with van der Waals surface area (Å²) in [4.78, 5) is 34.4. The zero-order valence-corrected chi connectivity index (χ0v) is 13.3. The SMILES string of the molecule is CNC(=O)OC1[C@@H](OC(=O)NC)[C@H](O)C(O)[C@@H](O)[C@H]1OC(=O)NC. The summed E-state index contributed by atoms with van der Waals surface area (Å²) >= 11 is 0. The van der Waals surface area contributed by atoms with Crippen LogP contribution in [0.15, 0.2) is 0 Å². The van der Waals surface area contributed by atoms with Gasteiger partial charge >= 0.3 is 18.3 Å². The first-order valence-electron chi connectivity index (χ1n) is 6.96. The average molecular weight is 351 g/mol. The van der Waals surface area contributed by atoms with Crippen molar-refractivity contribution in [1.29, 1.82) is 0 Å². The number of amides is 3. The number of ether oxygens (including phenoxy) is 3. The average Bonchev–Trinajstić information content (AvgIpc) is 2.58. The van der Waals surface area contributed by atoms with Gasteiger partial charge < -0.3 is 45.5 Å². The fourth-order valence-electron chi connectivity index (χ4n) is 2.12. The molecule has 138 valence electrons. The number of carbonyl (C=O) groups excluding carboxylic acids is 3. The van der Waals surface area contributed by atoms with Gasteiger partial charge in [-0.05, 0) is 0 Å². The van der Waals surface area contributed by atoms with Gasteiger partial charge in [0, 0.05) is 21.1 Å². The van der Waals surface area contributed by atoms with Crippen LogP contribution in [0.25, 0.3) is 0 Å². The van der Waals surface area contributed by atoms with Crippen LogP contribution in [0.4, 0.5) is 14.4 Å². The van der Waals surface area contributed by atoms with Crippen LogP contribution < -0.4 is 16.0 Å². The Labute approximate surface area is 137 Å². The van der Waals surface area contributed by atoms with Crippen LogP contribution in [0.3, 0.4) is 0 Å². The van der Waals surface area contributed by atoms with E-state index in [1.54, 1.807) is 0 Å². The second-order valence-corrected chi connectivity index (χ2v) is 4.83. The second kappa shape index (κ2) is 8.52. The molecule has 0 aromatic carbocycles. The molecular formula is C12H21N3O9. The van der Waals surface area contributed by atoms with Gasteiger partial charge in [-0.1, -0.05) is 0 Å². The van der Waals surface area contributed by atoms with Crippen LogP contribution in [-0.4, -0.2) is 91.4 Å².